The highest BCUT2D eigenvalue weighted by atomic mass is 19.4. The van der Waals surface area contributed by atoms with Gasteiger partial charge in [-0.25, -0.2) is 4.79 Å². The van der Waals surface area contributed by atoms with Gasteiger partial charge < -0.3 is 24.0 Å². The van der Waals surface area contributed by atoms with Crippen LogP contribution in [0.5, 0.6) is 11.5 Å². The van der Waals surface area contributed by atoms with Gasteiger partial charge in [-0.3, -0.25) is 14.6 Å². The topological polar surface area (TPSA) is 111 Å². The van der Waals surface area contributed by atoms with Crippen molar-refractivity contribution in [3.63, 3.8) is 0 Å². The Labute approximate surface area is 203 Å². The molecule has 0 unspecified atom stereocenters. The first-order chi connectivity index (χ1) is 16.9. The minimum atomic E-state index is -5.08. The molecule has 0 saturated carbocycles. The molecule has 3 aromatic rings. The summed E-state index contributed by atoms with van der Waals surface area (Å²) in [5, 5.41) is 8.15. The monoisotopic (exact) mass is 507 g/mol. The van der Waals surface area contributed by atoms with Crippen molar-refractivity contribution >= 4 is 22.5 Å². The van der Waals surface area contributed by atoms with E-state index in [4.69, 9.17) is 19.4 Å². The van der Waals surface area contributed by atoms with Crippen LogP contribution in [0.25, 0.3) is 22.0 Å². The number of methoxy groups -OCH3 is 2. The number of carboxylic acids is 1. The van der Waals surface area contributed by atoms with Crippen molar-refractivity contribution in [1.29, 1.82) is 0 Å². The Balaban J connectivity index is 0.000000454. The zero-order valence-electron chi connectivity index (χ0n) is 20.0. The maximum atomic E-state index is 13.5. The van der Waals surface area contributed by atoms with Gasteiger partial charge in [-0.1, -0.05) is 0 Å². The number of rotatable bonds is 6. The lowest BCUT2D eigenvalue weighted by atomic mass is 10.0. The SMILES string of the molecule is COc1cc2c3c(n(CCCN(C)C)c(=O)c2cc1OC)-c1ccncc1C3=O.O=C(O)C(F)(F)F. The zero-order chi connectivity index (χ0) is 26.8. The zero-order valence-corrected chi connectivity index (χ0v) is 20.0. The average Bonchev–Trinajstić information content (AvgIpc) is 3.12. The van der Waals surface area contributed by atoms with Crippen LogP contribution in [0.3, 0.4) is 0 Å². The van der Waals surface area contributed by atoms with Crippen LogP contribution in [-0.2, 0) is 11.3 Å². The number of hydrogen-bond donors (Lipinski definition) is 1. The maximum absolute atomic E-state index is 13.5. The van der Waals surface area contributed by atoms with Gasteiger partial charge in [0, 0.05) is 29.9 Å². The van der Waals surface area contributed by atoms with Gasteiger partial charge >= 0.3 is 12.1 Å². The lowest BCUT2D eigenvalue weighted by molar-refractivity contribution is -0.192. The van der Waals surface area contributed by atoms with Crippen molar-refractivity contribution in [3.8, 4) is 22.8 Å². The molecule has 0 saturated heterocycles. The van der Waals surface area contributed by atoms with E-state index in [1.165, 1.54) is 14.2 Å². The fourth-order valence-electron chi connectivity index (χ4n) is 3.96. The summed E-state index contributed by atoms with van der Waals surface area (Å²) in [5.41, 5.74) is 2.31. The molecule has 4 rings (SSSR count). The number of pyridine rings is 2. The highest BCUT2D eigenvalue weighted by Gasteiger charge is 2.38. The second-order valence-corrected chi connectivity index (χ2v) is 8.14. The minimum absolute atomic E-state index is 0.123. The van der Waals surface area contributed by atoms with Crippen molar-refractivity contribution in [2.45, 2.75) is 19.1 Å². The molecule has 1 N–H and O–H groups in total. The number of carbonyl (C=O) groups excluding carboxylic acids is 1. The number of carboxylic acid groups (broad SMARTS) is 1. The molecule has 36 heavy (non-hydrogen) atoms. The summed E-state index contributed by atoms with van der Waals surface area (Å²) in [5.74, 6) is -1.94. The predicted molar refractivity (Wildman–Crippen MR) is 125 cm³/mol. The number of benzene rings is 1. The van der Waals surface area contributed by atoms with Gasteiger partial charge in [-0.05, 0) is 45.3 Å². The first-order valence-electron chi connectivity index (χ1n) is 10.7. The Morgan fingerprint density at radius 2 is 1.67 bits per heavy atom. The Morgan fingerprint density at radius 1 is 1.08 bits per heavy atom. The number of fused-ring (bicyclic) bond motifs is 5. The summed E-state index contributed by atoms with van der Waals surface area (Å²) in [6.45, 7) is 1.35. The second-order valence-electron chi connectivity index (χ2n) is 8.14. The summed E-state index contributed by atoms with van der Waals surface area (Å²) in [4.78, 5) is 41.8. The highest BCUT2D eigenvalue weighted by Crippen LogP contribution is 2.41. The summed E-state index contributed by atoms with van der Waals surface area (Å²) in [7, 11) is 7.05. The van der Waals surface area contributed by atoms with E-state index in [2.05, 4.69) is 9.88 Å². The van der Waals surface area contributed by atoms with Gasteiger partial charge in [0.05, 0.1) is 36.4 Å². The van der Waals surface area contributed by atoms with Crippen LogP contribution in [0.4, 0.5) is 13.2 Å². The normalized spacial score (nSPS) is 12.2. The molecular weight excluding hydrogens is 483 g/mol. The van der Waals surface area contributed by atoms with E-state index in [-0.39, 0.29) is 11.3 Å². The van der Waals surface area contributed by atoms with Crippen molar-refractivity contribution in [2.24, 2.45) is 0 Å². The van der Waals surface area contributed by atoms with Crippen LogP contribution < -0.4 is 15.0 Å². The van der Waals surface area contributed by atoms with Gasteiger partial charge in [0.15, 0.2) is 17.3 Å². The van der Waals surface area contributed by atoms with E-state index in [1.807, 2.05) is 14.1 Å². The van der Waals surface area contributed by atoms with Crippen molar-refractivity contribution < 1.29 is 37.3 Å². The molecule has 9 nitrogen and oxygen atoms in total. The van der Waals surface area contributed by atoms with Crippen LogP contribution in [0, 0.1) is 0 Å². The highest BCUT2D eigenvalue weighted by molar-refractivity contribution is 6.26. The number of alkyl halides is 3. The van der Waals surface area contributed by atoms with Crippen LogP contribution in [-0.4, -0.2) is 72.3 Å². The quantitative estimate of drug-likeness (QED) is 0.424. The number of aliphatic carboxylic acids is 1. The summed E-state index contributed by atoms with van der Waals surface area (Å²) < 4.78 is 44.3. The molecule has 1 aliphatic rings. The lowest BCUT2D eigenvalue weighted by Gasteiger charge is -2.17. The molecule has 2 heterocycles. The Bertz CT molecular complexity index is 1380. The van der Waals surface area contributed by atoms with Crippen molar-refractivity contribution in [1.82, 2.24) is 14.5 Å². The van der Waals surface area contributed by atoms with Crippen molar-refractivity contribution in [3.05, 3.63) is 52.1 Å². The maximum Gasteiger partial charge on any atom is 0.490 e. The van der Waals surface area contributed by atoms with Gasteiger partial charge in [0.25, 0.3) is 5.56 Å². The lowest BCUT2D eigenvalue weighted by Crippen LogP contribution is -2.25. The molecule has 0 radical (unpaired) electrons. The van der Waals surface area contributed by atoms with E-state index >= 15 is 0 Å². The molecule has 0 aliphatic heterocycles. The Kier molecular flexibility index (Phi) is 7.68. The second kappa shape index (κ2) is 10.4. The van der Waals surface area contributed by atoms with E-state index in [0.717, 1.165) is 18.5 Å². The van der Waals surface area contributed by atoms with Gasteiger partial charge in [-0.2, -0.15) is 13.2 Å². The third-order valence-electron chi connectivity index (χ3n) is 5.55. The van der Waals surface area contributed by atoms with E-state index in [1.54, 1.807) is 35.2 Å². The van der Waals surface area contributed by atoms with Crippen LogP contribution >= 0.6 is 0 Å². The minimum Gasteiger partial charge on any atom is -0.493 e. The van der Waals surface area contributed by atoms with Gasteiger partial charge in [-0.15, -0.1) is 0 Å². The molecule has 1 aliphatic carbocycles. The number of carbonyl (C=O) groups is 2. The van der Waals surface area contributed by atoms with E-state index in [9.17, 15) is 22.8 Å². The molecule has 2 aromatic heterocycles. The number of halogens is 3. The fraction of sp³-hybridized carbons (Fsp3) is 0.333. The smallest absolute Gasteiger partial charge is 0.490 e. The Morgan fingerprint density at radius 3 is 2.19 bits per heavy atom. The number of ether oxygens (including phenoxy) is 2. The van der Waals surface area contributed by atoms with E-state index in [0.29, 0.717) is 45.6 Å². The first-order valence-corrected chi connectivity index (χ1v) is 10.7. The summed E-state index contributed by atoms with van der Waals surface area (Å²) in [6, 6.07) is 5.18. The molecule has 0 spiro atoms. The molecule has 0 bridgehead atoms. The molecule has 1 aromatic carbocycles. The third kappa shape index (κ3) is 5.03. The fourth-order valence-corrected chi connectivity index (χ4v) is 3.96. The predicted octanol–water partition coefficient (Wildman–Crippen LogP) is 3.21. The van der Waals surface area contributed by atoms with Crippen molar-refractivity contribution in [2.75, 3.05) is 34.9 Å². The van der Waals surface area contributed by atoms with E-state index < -0.39 is 12.1 Å². The van der Waals surface area contributed by atoms with Gasteiger partial charge in [0.1, 0.15) is 0 Å². The van der Waals surface area contributed by atoms with Gasteiger partial charge in [0.2, 0.25) is 0 Å². The molecule has 0 fully saturated rings. The number of nitrogens with zero attached hydrogens (tertiary/aromatic N) is 3. The molecule has 0 atom stereocenters. The first kappa shape index (κ1) is 26.7. The average molecular weight is 507 g/mol. The van der Waals surface area contributed by atoms with Crippen LogP contribution in [0.1, 0.15) is 22.3 Å². The number of aromatic nitrogens is 2. The molecule has 192 valence electrons. The summed E-state index contributed by atoms with van der Waals surface area (Å²) >= 11 is 0. The van der Waals surface area contributed by atoms with Crippen LogP contribution in [0.15, 0.2) is 35.4 Å². The Hall–Kier alpha value is -3.93. The number of hydrogen-bond acceptors (Lipinski definition) is 7. The molecule has 0 amide bonds. The number of ketones is 1. The standard InChI is InChI=1S/C22H23N3O4.C2HF3O2/c1-24(2)8-5-9-25-20-13-6-7-23-12-16(13)21(26)19(20)14-10-17(28-3)18(29-4)11-15(14)22(25)27;3-2(4,5)1(6)7/h6-7,10-12H,5,8-9H2,1-4H3;(H,6,7). The summed E-state index contributed by atoms with van der Waals surface area (Å²) in [6.07, 6.45) is -1.08. The molecular formula is C24H24F3N3O6. The third-order valence-corrected chi connectivity index (χ3v) is 5.55. The van der Waals surface area contributed by atoms with Crippen LogP contribution in [0.2, 0.25) is 0 Å². The molecule has 12 heteroatoms. The largest absolute Gasteiger partial charge is 0.493 e.